The van der Waals surface area contributed by atoms with Crippen molar-refractivity contribution in [1.29, 1.82) is 0 Å². The van der Waals surface area contributed by atoms with Gasteiger partial charge in [-0.1, -0.05) is 67.6 Å². The molecule has 0 fully saturated rings. The van der Waals surface area contributed by atoms with Crippen molar-refractivity contribution in [3.05, 3.63) is 98.0 Å². The Morgan fingerprint density at radius 2 is 1.82 bits per heavy atom. The van der Waals surface area contributed by atoms with Gasteiger partial charge in [0.15, 0.2) is 0 Å². The number of aromatic nitrogens is 2. The lowest BCUT2D eigenvalue weighted by Gasteiger charge is -2.31. The molecule has 1 unspecified atom stereocenters. The number of nitrogens with one attached hydrogen (secondary N) is 1. The molecule has 1 aromatic heterocycles. The number of carbonyl (C=O) groups is 1. The summed E-state index contributed by atoms with van der Waals surface area (Å²) in [6.45, 7) is 6.60. The van der Waals surface area contributed by atoms with E-state index in [2.05, 4.69) is 28.2 Å². The van der Waals surface area contributed by atoms with E-state index < -0.39 is 6.04 Å². The van der Waals surface area contributed by atoms with E-state index in [9.17, 15) is 9.59 Å². The van der Waals surface area contributed by atoms with Crippen LogP contribution < -0.4 is 10.9 Å². The van der Waals surface area contributed by atoms with Crippen molar-refractivity contribution < 1.29 is 4.79 Å². The summed E-state index contributed by atoms with van der Waals surface area (Å²) in [7, 11) is 0. The van der Waals surface area contributed by atoms with Gasteiger partial charge in [-0.3, -0.25) is 9.36 Å². The third kappa shape index (κ3) is 6.27. The molecule has 4 aromatic rings. The highest BCUT2D eigenvalue weighted by molar-refractivity contribution is 9.10. The zero-order valence-electron chi connectivity index (χ0n) is 21.9. The molecule has 0 radical (unpaired) electrons. The van der Waals surface area contributed by atoms with Gasteiger partial charge in [-0.15, -0.1) is 0 Å². The summed E-state index contributed by atoms with van der Waals surface area (Å²) in [5.41, 5.74) is 2.77. The van der Waals surface area contributed by atoms with Crippen LogP contribution in [-0.2, 0) is 0 Å². The number of benzene rings is 3. The van der Waals surface area contributed by atoms with Crippen LogP contribution in [0.5, 0.6) is 0 Å². The van der Waals surface area contributed by atoms with Crippen molar-refractivity contribution in [2.45, 2.75) is 52.5 Å². The van der Waals surface area contributed by atoms with Crippen molar-refractivity contribution in [3.8, 4) is 5.69 Å². The van der Waals surface area contributed by atoms with E-state index in [1.807, 2.05) is 62.4 Å². The second kappa shape index (κ2) is 12.6. The van der Waals surface area contributed by atoms with Crippen LogP contribution in [0.25, 0.3) is 16.6 Å². The van der Waals surface area contributed by atoms with Gasteiger partial charge in [0.05, 0.1) is 28.3 Å². The number of urea groups is 1. The molecule has 6 nitrogen and oxygen atoms in total. The predicted molar refractivity (Wildman–Crippen MR) is 160 cm³/mol. The molecular formula is C30H32BrClN4O2. The number of fused-ring (bicyclic) bond motifs is 1. The fourth-order valence-corrected chi connectivity index (χ4v) is 5.02. The molecule has 0 aliphatic heterocycles. The third-order valence-electron chi connectivity index (χ3n) is 6.62. The Balaban J connectivity index is 1.82. The van der Waals surface area contributed by atoms with Gasteiger partial charge < -0.3 is 10.2 Å². The number of unbranched alkanes of at least 4 members (excludes halogenated alkanes) is 3. The Morgan fingerprint density at radius 3 is 2.53 bits per heavy atom. The molecule has 1 heterocycles. The van der Waals surface area contributed by atoms with Crippen molar-refractivity contribution in [2.75, 3.05) is 11.9 Å². The molecule has 0 spiro atoms. The maximum absolute atomic E-state index is 13.8. The lowest BCUT2D eigenvalue weighted by molar-refractivity contribution is 0.187. The normalized spacial score (nSPS) is 11.9. The topological polar surface area (TPSA) is 67.2 Å². The zero-order chi connectivity index (χ0) is 27.2. The molecule has 38 heavy (non-hydrogen) atoms. The van der Waals surface area contributed by atoms with Gasteiger partial charge in [-0.25, -0.2) is 9.78 Å². The van der Waals surface area contributed by atoms with E-state index >= 15 is 0 Å². The first kappa shape index (κ1) is 27.9. The van der Waals surface area contributed by atoms with Crippen LogP contribution in [-0.4, -0.2) is 27.0 Å². The van der Waals surface area contributed by atoms with Gasteiger partial charge in [0, 0.05) is 16.0 Å². The van der Waals surface area contributed by atoms with Crippen LogP contribution in [0, 0.1) is 6.92 Å². The molecule has 4 rings (SSSR count). The van der Waals surface area contributed by atoms with E-state index in [0.717, 1.165) is 35.7 Å². The van der Waals surface area contributed by atoms with Gasteiger partial charge in [-0.05, 0) is 78.7 Å². The SMILES string of the molecule is CCCCCCN(C(=O)Nc1ccccc1Br)C(C)c1nc2cc(Cl)ccc2c(=O)n1-c1ccc(C)cc1. The van der Waals surface area contributed by atoms with Crippen LogP contribution >= 0.6 is 27.5 Å². The summed E-state index contributed by atoms with van der Waals surface area (Å²) in [5, 5.41) is 4.00. The average molecular weight is 596 g/mol. The molecule has 0 saturated heterocycles. The molecule has 8 heteroatoms. The Bertz CT molecular complexity index is 1490. The summed E-state index contributed by atoms with van der Waals surface area (Å²) in [6.07, 6.45) is 4.04. The minimum atomic E-state index is -0.503. The number of nitrogens with zero attached hydrogens (tertiary/aromatic N) is 3. The third-order valence-corrected chi connectivity index (χ3v) is 7.55. The Morgan fingerprint density at radius 1 is 1.08 bits per heavy atom. The fraction of sp³-hybridized carbons (Fsp3) is 0.300. The Hall–Kier alpha value is -3.16. The van der Waals surface area contributed by atoms with Gasteiger partial charge in [0.25, 0.3) is 5.56 Å². The van der Waals surface area contributed by atoms with Crippen molar-refractivity contribution in [1.82, 2.24) is 14.5 Å². The first-order valence-corrected chi connectivity index (χ1v) is 14.1. The van der Waals surface area contributed by atoms with Gasteiger partial charge in [0.1, 0.15) is 5.82 Å². The predicted octanol–water partition coefficient (Wildman–Crippen LogP) is 8.29. The number of para-hydroxylation sites is 1. The standard InChI is InChI=1S/C30H32BrClN4O2/c1-4-5-6-9-18-35(30(38)34-26-11-8-7-10-25(26)31)21(3)28-33-27-19-22(32)14-17-24(27)29(37)36(28)23-15-12-20(2)13-16-23/h7-8,10-17,19,21H,4-6,9,18H2,1-3H3,(H,34,38). The van der Waals surface area contributed by atoms with E-state index in [4.69, 9.17) is 16.6 Å². The van der Waals surface area contributed by atoms with E-state index in [0.29, 0.717) is 39.7 Å². The number of hydrogen-bond acceptors (Lipinski definition) is 3. The molecular weight excluding hydrogens is 564 g/mol. The number of hydrogen-bond donors (Lipinski definition) is 1. The first-order valence-electron chi connectivity index (χ1n) is 12.9. The van der Waals surface area contributed by atoms with Crippen LogP contribution in [0.15, 0.2) is 76.0 Å². The summed E-state index contributed by atoms with van der Waals surface area (Å²) >= 11 is 9.78. The lowest BCUT2D eigenvalue weighted by Crippen LogP contribution is -2.40. The van der Waals surface area contributed by atoms with Gasteiger partial charge >= 0.3 is 6.03 Å². The zero-order valence-corrected chi connectivity index (χ0v) is 24.2. The number of rotatable bonds is 9. The van der Waals surface area contributed by atoms with Crippen molar-refractivity contribution in [2.24, 2.45) is 0 Å². The number of amides is 2. The first-order chi connectivity index (χ1) is 18.3. The summed E-state index contributed by atoms with van der Waals surface area (Å²) in [5.74, 6) is 0.478. The molecule has 198 valence electrons. The number of carbonyl (C=O) groups excluding carboxylic acids is 1. The fourth-order valence-electron chi connectivity index (χ4n) is 4.47. The second-order valence-corrected chi connectivity index (χ2v) is 10.7. The average Bonchev–Trinajstić information content (AvgIpc) is 2.90. The van der Waals surface area contributed by atoms with Gasteiger partial charge in [-0.2, -0.15) is 0 Å². The van der Waals surface area contributed by atoms with E-state index in [1.165, 1.54) is 0 Å². The Labute approximate surface area is 236 Å². The summed E-state index contributed by atoms with van der Waals surface area (Å²) < 4.78 is 2.41. The molecule has 2 amide bonds. The minimum Gasteiger partial charge on any atom is -0.315 e. The van der Waals surface area contributed by atoms with Crippen molar-refractivity contribution in [3.63, 3.8) is 0 Å². The highest BCUT2D eigenvalue weighted by Gasteiger charge is 2.27. The Kier molecular flexibility index (Phi) is 9.23. The number of anilines is 1. The summed E-state index contributed by atoms with van der Waals surface area (Å²) in [6, 6.07) is 19.6. The second-order valence-electron chi connectivity index (χ2n) is 9.45. The molecule has 0 aliphatic carbocycles. The largest absolute Gasteiger partial charge is 0.322 e. The number of aryl methyl sites for hydroxylation is 1. The van der Waals surface area contributed by atoms with Crippen LogP contribution in [0.2, 0.25) is 5.02 Å². The molecule has 0 bridgehead atoms. The molecule has 1 atom stereocenters. The lowest BCUT2D eigenvalue weighted by atomic mass is 10.1. The maximum Gasteiger partial charge on any atom is 0.322 e. The molecule has 1 N–H and O–H groups in total. The highest BCUT2D eigenvalue weighted by Crippen LogP contribution is 2.27. The van der Waals surface area contributed by atoms with E-state index in [1.54, 1.807) is 27.7 Å². The summed E-state index contributed by atoms with van der Waals surface area (Å²) in [4.78, 5) is 34.2. The number of halogens is 2. The molecule has 0 saturated carbocycles. The quantitative estimate of drug-likeness (QED) is 0.198. The monoisotopic (exact) mass is 594 g/mol. The van der Waals surface area contributed by atoms with Crippen LogP contribution in [0.1, 0.15) is 57.0 Å². The minimum absolute atomic E-state index is 0.200. The van der Waals surface area contributed by atoms with Crippen molar-refractivity contribution >= 4 is 50.2 Å². The van der Waals surface area contributed by atoms with Crippen LogP contribution in [0.4, 0.5) is 10.5 Å². The molecule has 3 aromatic carbocycles. The molecule has 0 aliphatic rings. The van der Waals surface area contributed by atoms with Gasteiger partial charge in [0.2, 0.25) is 0 Å². The van der Waals surface area contributed by atoms with Crippen LogP contribution in [0.3, 0.4) is 0 Å². The van der Waals surface area contributed by atoms with E-state index in [-0.39, 0.29) is 11.6 Å². The highest BCUT2D eigenvalue weighted by atomic mass is 79.9. The maximum atomic E-state index is 13.8. The smallest absolute Gasteiger partial charge is 0.315 e.